The molecule has 1 aromatic heterocycles. The number of amides is 1. The van der Waals surface area contributed by atoms with Crippen molar-refractivity contribution in [3.8, 4) is 17.2 Å². The van der Waals surface area contributed by atoms with Crippen LogP contribution in [0.5, 0.6) is 11.5 Å². The summed E-state index contributed by atoms with van der Waals surface area (Å²) in [5, 5.41) is 5.74. The Morgan fingerprint density at radius 3 is 2.63 bits per heavy atom. The Labute approximate surface area is 178 Å². The lowest BCUT2D eigenvalue weighted by Gasteiger charge is -2.23. The number of para-hydroxylation sites is 1. The smallest absolute Gasteiger partial charge is 0.255 e. The van der Waals surface area contributed by atoms with Gasteiger partial charge in [0, 0.05) is 5.56 Å². The second-order valence-electron chi connectivity index (χ2n) is 6.86. The fourth-order valence-corrected chi connectivity index (χ4v) is 4.60. The molecule has 0 saturated carbocycles. The minimum absolute atomic E-state index is 0.00838. The molecule has 2 aromatic carbocycles. The van der Waals surface area contributed by atoms with E-state index >= 15 is 0 Å². The van der Waals surface area contributed by atoms with Gasteiger partial charge < -0.3 is 15.2 Å². The molecule has 1 aliphatic heterocycles. The van der Waals surface area contributed by atoms with Crippen LogP contribution in [0.25, 0.3) is 5.69 Å². The van der Waals surface area contributed by atoms with Gasteiger partial charge in [-0.2, -0.15) is 5.10 Å². The van der Waals surface area contributed by atoms with E-state index in [2.05, 4.69) is 0 Å². The van der Waals surface area contributed by atoms with E-state index in [4.69, 9.17) is 25.3 Å². The van der Waals surface area contributed by atoms with Crippen molar-refractivity contribution in [2.75, 3.05) is 13.7 Å². The van der Waals surface area contributed by atoms with Gasteiger partial charge in [0.15, 0.2) is 23.9 Å². The van der Waals surface area contributed by atoms with Gasteiger partial charge in [0.05, 0.1) is 28.8 Å². The Balaban J connectivity index is 1.77. The van der Waals surface area contributed by atoms with E-state index in [-0.39, 0.29) is 11.9 Å². The highest BCUT2D eigenvalue weighted by Crippen LogP contribution is 2.48. The first kappa shape index (κ1) is 20.0. The summed E-state index contributed by atoms with van der Waals surface area (Å²) in [5.74, 6) is 1.32. The van der Waals surface area contributed by atoms with Crippen LogP contribution in [0.1, 0.15) is 29.0 Å². The summed E-state index contributed by atoms with van der Waals surface area (Å²) in [7, 11) is 1.57. The molecule has 0 aliphatic carbocycles. The summed E-state index contributed by atoms with van der Waals surface area (Å²) in [6.07, 6.45) is 0. The average Bonchev–Trinajstić information content (AvgIpc) is 3.08. The number of aromatic nitrogens is 2. The number of aliphatic imine (C=N–C) groups is 1. The molecule has 3 aromatic rings. The molecule has 0 saturated heterocycles. The second-order valence-corrected chi connectivity index (χ2v) is 8.16. The Morgan fingerprint density at radius 1 is 1.17 bits per heavy atom. The quantitative estimate of drug-likeness (QED) is 0.650. The van der Waals surface area contributed by atoms with Gasteiger partial charge in [0.1, 0.15) is 0 Å². The molecule has 4 rings (SSSR count). The molecule has 7 nitrogen and oxygen atoms in total. The lowest BCUT2D eigenvalue weighted by atomic mass is 10.0. The lowest BCUT2D eigenvalue weighted by Crippen LogP contribution is -2.20. The van der Waals surface area contributed by atoms with Crippen LogP contribution in [0.2, 0.25) is 0 Å². The van der Waals surface area contributed by atoms with Crippen molar-refractivity contribution >= 4 is 28.5 Å². The number of benzene rings is 2. The maximum atomic E-state index is 11.0. The number of hydrogen-bond donors (Lipinski definition) is 1. The fourth-order valence-electron chi connectivity index (χ4n) is 3.45. The average molecular weight is 423 g/mol. The maximum Gasteiger partial charge on any atom is 0.255 e. The number of carbonyl (C=O) groups excluding carboxylic acids is 1. The van der Waals surface area contributed by atoms with E-state index in [0.29, 0.717) is 11.5 Å². The molecule has 1 aliphatic rings. The van der Waals surface area contributed by atoms with E-state index in [9.17, 15) is 4.79 Å². The Hall–Kier alpha value is -3.26. The minimum atomic E-state index is -0.538. The van der Waals surface area contributed by atoms with Crippen LogP contribution in [0.3, 0.4) is 0 Å². The number of fused-ring (bicyclic) bond motifs is 1. The standard InChI is InChI=1S/C22H22N4O3S/c1-13-20-21(15-9-10-17(18(11-15)28-3)29-12-19(23)27)30-14(2)24-22(20)26(25-13)16-7-5-4-6-8-16/h4-11,21H,12H2,1-3H3,(H2,23,27). The van der Waals surface area contributed by atoms with E-state index < -0.39 is 5.91 Å². The number of primary amides is 1. The van der Waals surface area contributed by atoms with Crippen LogP contribution in [-0.4, -0.2) is 34.4 Å². The van der Waals surface area contributed by atoms with Crippen molar-refractivity contribution < 1.29 is 14.3 Å². The van der Waals surface area contributed by atoms with Gasteiger partial charge in [-0.05, 0) is 43.7 Å². The Morgan fingerprint density at radius 2 is 1.93 bits per heavy atom. The first-order chi connectivity index (χ1) is 14.5. The van der Waals surface area contributed by atoms with E-state index in [1.54, 1.807) is 24.9 Å². The van der Waals surface area contributed by atoms with Crippen LogP contribution in [0.15, 0.2) is 53.5 Å². The number of hydrogen-bond acceptors (Lipinski definition) is 6. The highest BCUT2D eigenvalue weighted by molar-refractivity contribution is 8.14. The SMILES string of the molecule is COc1cc(C2SC(C)=Nc3c2c(C)nn3-c2ccccc2)ccc1OCC(N)=O. The molecule has 1 amide bonds. The van der Waals surface area contributed by atoms with Gasteiger partial charge in [-0.15, -0.1) is 0 Å². The summed E-state index contributed by atoms with van der Waals surface area (Å²) in [5.41, 5.74) is 9.19. The number of nitrogens with two attached hydrogens (primary N) is 1. The molecule has 0 bridgehead atoms. The van der Waals surface area contributed by atoms with E-state index in [0.717, 1.165) is 33.4 Å². The predicted molar refractivity (Wildman–Crippen MR) is 118 cm³/mol. The number of methoxy groups -OCH3 is 1. The van der Waals surface area contributed by atoms with Crippen LogP contribution in [0, 0.1) is 6.92 Å². The monoisotopic (exact) mass is 422 g/mol. The van der Waals surface area contributed by atoms with Gasteiger partial charge in [-0.3, -0.25) is 4.79 Å². The number of rotatable bonds is 6. The molecule has 8 heteroatoms. The number of nitrogens with zero attached hydrogens (tertiary/aromatic N) is 3. The number of carbonyl (C=O) groups is 1. The van der Waals surface area contributed by atoms with Gasteiger partial charge in [0.2, 0.25) is 0 Å². The van der Waals surface area contributed by atoms with Crippen LogP contribution in [-0.2, 0) is 4.79 Å². The van der Waals surface area contributed by atoms with Gasteiger partial charge in [0.25, 0.3) is 5.91 Å². The largest absolute Gasteiger partial charge is 0.493 e. The third-order valence-corrected chi connectivity index (χ3v) is 5.93. The first-order valence-electron chi connectivity index (χ1n) is 9.44. The summed E-state index contributed by atoms with van der Waals surface area (Å²) in [6, 6.07) is 15.7. The summed E-state index contributed by atoms with van der Waals surface area (Å²) >= 11 is 1.67. The van der Waals surface area contributed by atoms with Crippen molar-refractivity contribution in [1.29, 1.82) is 0 Å². The Kier molecular flexibility index (Phi) is 5.50. The maximum absolute atomic E-state index is 11.0. The van der Waals surface area contributed by atoms with Gasteiger partial charge >= 0.3 is 0 Å². The summed E-state index contributed by atoms with van der Waals surface area (Å²) < 4.78 is 12.8. The Bertz CT molecular complexity index is 1120. The molecule has 0 spiro atoms. The van der Waals surface area contributed by atoms with Gasteiger partial charge in [-0.1, -0.05) is 36.0 Å². The molecule has 2 heterocycles. The van der Waals surface area contributed by atoms with E-state index in [1.807, 2.05) is 61.0 Å². The number of thioether (sulfide) groups is 1. The molecule has 2 N–H and O–H groups in total. The molecular weight excluding hydrogens is 400 g/mol. The molecule has 154 valence electrons. The molecule has 1 atom stereocenters. The predicted octanol–water partition coefficient (Wildman–Crippen LogP) is 3.94. The number of aryl methyl sites for hydroxylation is 1. The topological polar surface area (TPSA) is 91.7 Å². The lowest BCUT2D eigenvalue weighted by molar-refractivity contribution is -0.119. The molecule has 0 radical (unpaired) electrons. The highest BCUT2D eigenvalue weighted by Gasteiger charge is 2.30. The van der Waals surface area contributed by atoms with Gasteiger partial charge in [-0.25, -0.2) is 9.67 Å². The second kappa shape index (κ2) is 8.23. The fraction of sp³-hybridized carbons (Fsp3) is 0.227. The van der Waals surface area contributed by atoms with Crippen LogP contribution >= 0.6 is 11.8 Å². The van der Waals surface area contributed by atoms with Crippen molar-refractivity contribution in [2.24, 2.45) is 10.7 Å². The summed E-state index contributed by atoms with van der Waals surface area (Å²) in [6.45, 7) is 3.80. The zero-order valence-corrected chi connectivity index (χ0v) is 17.8. The van der Waals surface area contributed by atoms with Crippen molar-refractivity contribution in [3.63, 3.8) is 0 Å². The zero-order valence-electron chi connectivity index (χ0n) is 17.0. The number of ether oxygens (including phenoxy) is 2. The minimum Gasteiger partial charge on any atom is -0.493 e. The van der Waals surface area contributed by atoms with E-state index in [1.165, 1.54) is 0 Å². The normalized spacial score (nSPS) is 15.3. The van der Waals surface area contributed by atoms with Crippen molar-refractivity contribution in [3.05, 3.63) is 65.4 Å². The van der Waals surface area contributed by atoms with Crippen LogP contribution < -0.4 is 15.2 Å². The third-order valence-electron chi connectivity index (χ3n) is 4.76. The third kappa shape index (κ3) is 3.78. The first-order valence-corrected chi connectivity index (χ1v) is 10.3. The molecule has 30 heavy (non-hydrogen) atoms. The molecule has 0 fully saturated rings. The highest BCUT2D eigenvalue weighted by atomic mass is 32.2. The van der Waals surface area contributed by atoms with Crippen molar-refractivity contribution in [2.45, 2.75) is 19.1 Å². The zero-order chi connectivity index (χ0) is 21.3. The summed E-state index contributed by atoms with van der Waals surface area (Å²) in [4.78, 5) is 15.8. The van der Waals surface area contributed by atoms with Crippen LogP contribution in [0.4, 0.5) is 5.82 Å². The molecule has 1 unspecified atom stereocenters. The molecular formula is C22H22N4O3S. The van der Waals surface area contributed by atoms with Crippen molar-refractivity contribution in [1.82, 2.24) is 9.78 Å².